The van der Waals surface area contributed by atoms with Gasteiger partial charge in [0.25, 0.3) is 6.43 Å². The van der Waals surface area contributed by atoms with Crippen molar-refractivity contribution in [2.45, 2.75) is 10.6 Å². The lowest BCUT2D eigenvalue weighted by molar-refractivity contribution is 0.137. The molecule has 128 valence electrons. The lowest BCUT2D eigenvalue weighted by Crippen LogP contribution is -2.28. The first-order chi connectivity index (χ1) is 11.5. The predicted octanol–water partition coefficient (Wildman–Crippen LogP) is 1.51. The molecular weight excluding hydrogens is 362 g/mol. The lowest BCUT2D eigenvalue weighted by atomic mass is 10.5. The average molecular weight is 374 g/mol. The second-order valence-electron chi connectivity index (χ2n) is 4.60. The third kappa shape index (κ3) is 3.49. The van der Waals surface area contributed by atoms with Gasteiger partial charge in [-0.05, 0) is 23.6 Å². The highest BCUT2D eigenvalue weighted by atomic mass is 32.2. The lowest BCUT2D eigenvalue weighted by Gasteiger charge is -2.07. The zero-order valence-corrected chi connectivity index (χ0v) is 13.7. The number of rotatable bonds is 7. The fourth-order valence-corrected chi connectivity index (χ4v) is 3.97. The number of hydrogen-bond donors (Lipinski definition) is 2. The van der Waals surface area contributed by atoms with Crippen LogP contribution >= 0.6 is 11.3 Å². The maximum atomic E-state index is 12.8. The average Bonchev–Trinajstić information content (AvgIpc) is 3.20. The van der Waals surface area contributed by atoms with Crippen LogP contribution in [-0.4, -0.2) is 41.3 Å². The number of anilines is 1. The van der Waals surface area contributed by atoms with Gasteiger partial charge in [0.05, 0.1) is 0 Å². The molecule has 0 bridgehead atoms. The topological polar surface area (TPSA) is 101 Å². The molecule has 0 fully saturated rings. The molecule has 0 saturated carbocycles. The Morgan fingerprint density at radius 1 is 1.21 bits per heavy atom. The summed E-state index contributed by atoms with van der Waals surface area (Å²) in [5.74, 6) is -0.244. The van der Waals surface area contributed by atoms with Crippen molar-refractivity contribution in [3.8, 4) is 0 Å². The van der Waals surface area contributed by atoms with Gasteiger partial charge in [-0.2, -0.15) is 4.52 Å². The van der Waals surface area contributed by atoms with Crippen LogP contribution < -0.4 is 10.0 Å². The summed E-state index contributed by atoms with van der Waals surface area (Å²) < 4.78 is 53.0. The SMILES string of the molecule is O=S(=O)(NCCNc1ccc2nnc(C(F)F)n2n1)c1cccs1. The molecule has 0 aromatic carbocycles. The standard InChI is InChI=1S/C12H12F2N6O2S2/c13-11(14)12-18-17-9-4-3-8(19-20(9)12)15-5-6-16-24(21,22)10-2-1-7-23-10/h1-4,7,11,16H,5-6H2,(H,15,19). The number of nitrogens with one attached hydrogen (secondary N) is 2. The van der Waals surface area contributed by atoms with E-state index in [4.69, 9.17) is 0 Å². The van der Waals surface area contributed by atoms with Crippen LogP contribution in [0.5, 0.6) is 0 Å². The van der Waals surface area contributed by atoms with Crippen LogP contribution in [0.4, 0.5) is 14.6 Å². The summed E-state index contributed by atoms with van der Waals surface area (Å²) in [4.78, 5) is 0. The van der Waals surface area contributed by atoms with Crippen molar-refractivity contribution < 1.29 is 17.2 Å². The van der Waals surface area contributed by atoms with E-state index in [0.717, 1.165) is 15.9 Å². The van der Waals surface area contributed by atoms with Gasteiger partial charge in [0.2, 0.25) is 15.8 Å². The van der Waals surface area contributed by atoms with Gasteiger partial charge in [0.1, 0.15) is 10.0 Å². The number of fused-ring (bicyclic) bond motifs is 1. The van der Waals surface area contributed by atoms with Crippen molar-refractivity contribution in [1.29, 1.82) is 0 Å². The Bertz CT molecular complexity index is 926. The number of alkyl halides is 2. The van der Waals surface area contributed by atoms with E-state index in [0.29, 0.717) is 5.82 Å². The van der Waals surface area contributed by atoms with E-state index in [2.05, 4.69) is 25.3 Å². The highest BCUT2D eigenvalue weighted by molar-refractivity contribution is 7.91. The zero-order chi connectivity index (χ0) is 17.2. The molecule has 2 N–H and O–H groups in total. The first kappa shape index (κ1) is 16.7. The van der Waals surface area contributed by atoms with E-state index in [9.17, 15) is 17.2 Å². The largest absolute Gasteiger partial charge is 0.367 e. The van der Waals surface area contributed by atoms with E-state index < -0.39 is 22.3 Å². The van der Waals surface area contributed by atoms with E-state index in [1.807, 2.05) is 0 Å². The van der Waals surface area contributed by atoms with E-state index in [1.54, 1.807) is 17.5 Å². The van der Waals surface area contributed by atoms with Gasteiger partial charge in [-0.1, -0.05) is 6.07 Å². The Morgan fingerprint density at radius 2 is 2.04 bits per heavy atom. The second kappa shape index (κ2) is 6.75. The molecule has 0 spiro atoms. The van der Waals surface area contributed by atoms with E-state index >= 15 is 0 Å². The Hall–Kier alpha value is -2.18. The molecule has 0 radical (unpaired) electrons. The summed E-state index contributed by atoms with van der Waals surface area (Å²) in [6.45, 7) is 0.346. The van der Waals surface area contributed by atoms with Crippen LogP contribution in [0.1, 0.15) is 12.2 Å². The Morgan fingerprint density at radius 3 is 2.75 bits per heavy atom. The number of hydrogen-bond acceptors (Lipinski definition) is 7. The highest BCUT2D eigenvalue weighted by Gasteiger charge is 2.17. The minimum absolute atomic E-state index is 0.115. The van der Waals surface area contributed by atoms with Gasteiger partial charge in [-0.15, -0.1) is 26.6 Å². The molecule has 0 amide bonds. The molecule has 0 aliphatic carbocycles. The molecule has 3 aromatic rings. The van der Waals surface area contributed by atoms with Gasteiger partial charge in [0, 0.05) is 13.1 Å². The number of thiophene rings is 1. The number of halogens is 2. The molecule has 0 atom stereocenters. The van der Waals surface area contributed by atoms with Crippen LogP contribution in [0.2, 0.25) is 0 Å². The second-order valence-corrected chi connectivity index (χ2v) is 7.55. The molecular formula is C12H12F2N6O2S2. The van der Waals surface area contributed by atoms with Gasteiger partial charge < -0.3 is 5.32 Å². The molecule has 3 heterocycles. The highest BCUT2D eigenvalue weighted by Crippen LogP contribution is 2.17. The molecule has 3 rings (SSSR count). The third-order valence-corrected chi connectivity index (χ3v) is 5.82. The smallest absolute Gasteiger partial charge is 0.299 e. The number of aromatic nitrogens is 4. The van der Waals surface area contributed by atoms with Gasteiger partial charge >= 0.3 is 0 Å². The van der Waals surface area contributed by atoms with Gasteiger partial charge in [0.15, 0.2) is 5.65 Å². The first-order valence-corrected chi connectivity index (χ1v) is 9.11. The molecule has 24 heavy (non-hydrogen) atoms. The van der Waals surface area contributed by atoms with Crippen molar-refractivity contribution in [2.75, 3.05) is 18.4 Å². The van der Waals surface area contributed by atoms with Crippen molar-refractivity contribution in [3.63, 3.8) is 0 Å². The third-order valence-electron chi connectivity index (χ3n) is 2.97. The maximum Gasteiger partial charge on any atom is 0.299 e. The molecule has 0 aliphatic rings. The van der Waals surface area contributed by atoms with Crippen molar-refractivity contribution >= 4 is 32.8 Å². The van der Waals surface area contributed by atoms with E-state index in [1.165, 1.54) is 12.1 Å². The summed E-state index contributed by atoms with van der Waals surface area (Å²) >= 11 is 1.12. The first-order valence-electron chi connectivity index (χ1n) is 6.75. The summed E-state index contributed by atoms with van der Waals surface area (Å²) in [5, 5.41) is 15.5. The Kier molecular flexibility index (Phi) is 4.69. The molecule has 3 aromatic heterocycles. The van der Waals surface area contributed by atoms with Crippen LogP contribution in [0.3, 0.4) is 0 Å². The van der Waals surface area contributed by atoms with Gasteiger partial charge in [-0.25, -0.2) is 21.9 Å². The fourth-order valence-electron chi connectivity index (χ4n) is 1.90. The van der Waals surface area contributed by atoms with Crippen LogP contribution in [0.15, 0.2) is 33.9 Å². The van der Waals surface area contributed by atoms with Crippen molar-refractivity contribution in [3.05, 3.63) is 35.5 Å². The fraction of sp³-hybridized carbons (Fsp3) is 0.250. The van der Waals surface area contributed by atoms with Crippen molar-refractivity contribution in [1.82, 2.24) is 24.5 Å². The van der Waals surface area contributed by atoms with Crippen molar-refractivity contribution in [2.24, 2.45) is 0 Å². The Balaban J connectivity index is 1.61. The monoisotopic (exact) mass is 374 g/mol. The minimum atomic E-state index is -3.53. The quantitative estimate of drug-likeness (QED) is 0.608. The minimum Gasteiger partial charge on any atom is -0.367 e. The maximum absolute atomic E-state index is 12.8. The summed E-state index contributed by atoms with van der Waals surface area (Å²) in [6.07, 6.45) is -2.79. The molecule has 8 nitrogen and oxygen atoms in total. The number of sulfonamides is 1. The van der Waals surface area contributed by atoms with Crippen LogP contribution in [0.25, 0.3) is 5.65 Å². The molecule has 12 heteroatoms. The normalized spacial score (nSPS) is 12.1. The molecule has 0 unspecified atom stereocenters. The summed E-state index contributed by atoms with van der Waals surface area (Å²) in [6, 6.07) is 6.20. The Labute approximate surface area is 139 Å². The van der Waals surface area contributed by atoms with Crippen LogP contribution in [0, 0.1) is 0 Å². The molecule has 0 saturated heterocycles. The predicted molar refractivity (Wildman–Crippen MR) is 83.7 cm³/mol. The van der Waals surface area contributed by atoms with Gasteiger partial charge in [-0.3, -0.25) is 0 Å². The summed E-state index contributed by atoms with van der Waals surface area (Å²) in [5.41, 5.74) is 0.203. The molecule has 0 aliphatic heterocycles. The van der Waals surface area contributed by atoms with E-state index in [-0.39, 0.29) is 22.9 Å². The van der Waals surface area contributed by atoms with Crippen LogP contribution in [-0.2, 0) is 10.0 Å². The number of nitrogens with zero attached hydrogens (tertiary/aromatic N) is 4. The summed E-state index contributed by atoms with van der Waals surface area (Å²) in [7, 11) is -3.53. The zero-order valence-electron chi connectivity index (χ0n) is 12.1.